The van der Waals surface area contributed by atoms with Gasteiger partial charge in [0.15, 0.2) is 0 Å². The molecule has 18 heavy (non-hydrogen) atoms. The molecule has 0 saturated carbocycles. The monoisotopic (exact) mass is 250 g/mol. The van der Waals surface area contributed by atoms with E-state index in [1.54, 1.807) is 11.0 Å². The Hall–Kier alpha value is -1.69. The number of carbonyl (C=O) groups is 1. The smallest absolute Gasteiger partial charge is 0.317 e. The number of carboxylic acid groups (broad SMARTS) is 1. The SMILES string of the molecule is C=CCN(CC(=O)O)Cc1nnc2n1CCCC2. The molecule has 0 amide bonds. The molecule has 1 aliphatic heterocycles. The van der Waals surface area contributed by atoms with Crippen molar-refractivity contribution in [3.05, 3.63) is 24.3 Å². The Labute approximate surface area is 106 Å². The molecular weight excluding hydrogens is 232 g/mol. The van der Waals surface area contributed by atoms with Crippen molar-refractivity contribution in [2.24, 2.45) is 0 Å². The maximum Gasteiger partial charge on any atom is 0.317 e. The Morgan fingerprint density at radius 2 is 2.33 bits per heavy atom. The average Bonchev–Trinajstić information content (AvgIpc) is 2.72. The zero-order chi connectivity index (χ0) is 13.0. The summed E-state index contributed by atoms with van der Waals surface area (Å²) in [5, 5.41) is 17.2. The fraction of sp³-hybridized carbons (Fsp3) is 0.583. The highest BCUT2D eigenvalue weighted by Gasteiger charge is 2.18. The van der Waals surface area contributed by atoms with Gasteiger partial charge in [-0.1, -0.05) is 6.08 Å². The third kappa shape index (κ3) is 2.95. The van der Waals surface area contributed by atoms with Crippen LogP contribution in [0.5, 0.6) is 0 Å². The zero-order valence-electron chi connectivity index (χ0n) is 10.4. The van der Waals surface area contributed by atoms with Crippen LogP contribution in [-0.2, 0) is 24.3 Å². The molecule has 6 heteroatoms. The van der Waals surface area contributed by atoms with Gasteiger partial charge in [0.2, 0.25) is 0 Å². The number of hydrogen-bond donors (Lipinski definition) is 1. The number of fused-ring (bicyclic) bond motifs is 1. The molecule has 1 aromatic heterocycles. The molecule has 0 radical (unpaired) electrons. The molecule has 0 saturated heterocycles. The van der Waals surface area contributed by atoms with Gasteiger partial charge in [-0.25, -0.2) is 0 Å². The highest BCUT2D eigenvalue weighted by Crippen LogP contribution is 2.15. The normalized spacial score (nSPS) is 14.5. The number of aryl methyl sites for hydroxylation is 1. The van der Waals surface area contributed by atoms with Crippen molar-refractivity contribution in [3.8, 4) is 0 Å². The quantitative estimate of drug-likeness (QED) is 0.752. The predicted octanol–water partition coefficient (Wildman–Crippen LogP) is 0.687. The van der Waals surface area contributed by atoms with Crippen molar-refractivity contribution in [2.75, 3.05) is 13.1 Å². The van der Waals surface area contributed by atoms with Crippen LogP contribution in [-0.4, -0.2) is 43.8 Å². The van der Waals surface area contributed by atoms with E-state index in [2.05, 4.69) is 21.3 Å². The van der Waals surface area contributed by atoms with Crippen LogP contribution in [0.25, 0.3) is 0 Å². The molecule has 0 unspecified atom stereocenters. The maximum atomic E-state index is 10.8. The van der Waals surface area contributed by atoms with Gasteiger partial charge < -0.3 is 9.67 Å². The van der Waals surface area contributed by atoms with E-state index in [9.17, 15) is 4.79 Å². The van der Waals surface area contributed by atoms with Gasteiger partial charge in [-0.2, -0.15) is 0 Å². The van der Waals surface area contributed by atoms with Gasteiger partial charge in [0.1, 0.15) is 11.6 Å². The first-order valence-electron chi connectivity index (χ1n) is 6.16. The lowest BCUT2D eigenvalue weighted by molar-refractivity contribution is -0.138. The molecule has 0 bridgehead atoms. The summed E-state index contributed by atoms with van der Waals surface area (Å²) in [6, 6.07) is 0. The van der Waals surface area contributed by atoms with Crippen molar-refractivity contribution in [2.45, 2.75) is 32.4 Å². The molecule has 6 nitrogen and oxygen atoms in total. The highest BCUT2D eigenvalue weighted by atomic mass is 16.4. The Kier molecular flexibility index (Phi) is 4.09. The van der Waals surface area contributed by atoms with Crippen molar-refractivity contribution >= 4 is 5.97 Å². The summed E-state index contributed by atoms with van der Waals surface area (Å²) in [5.41, 5.74) is 0. The van der Waals surface area contributed by atoms with E-state index in [4.69, 9.17) is 5.11 Å². The molecule has 0 spiro atoms. The Balaban J connectivity index is 2.08. The molecule has 1 N–H and O–H groups in total. The minimum Gasteiger partial charge on any atom is -0.480 e. The Morgan fingerprint density at radius 3 is 3.06 bits per heavy atom. The standard InChI is InChI=1S/C12H18N4O2/c1-2-6-15(9-12(17)18)8-11-14-13-10-5-3-4-7-16(10)11/h2H,1,3-9H2,(H,17,18). The minimum absolute atomic E-state index is 0.00574. The van der Waals surface area contributed by atoms with E-state index >= 15 is 0 Å². The zero-order valence-corrected chi connectivity index (χ0v) is 10.4. The van der Waals surface area contributed by atoms with Crippen LogP contribution in [0.3, 0.4) is 0 Å². The summed E-state index contributed by atoms with van der Waals surface area (Å²) in [7, 11) is 0. The molecular formula is C12H18N4O2. The van der Waals surface area contributed by atoms with E-state index < -0.39 is 5.97 Å². The molecule has 0 atom stereocenters. The summed E-state index contributed by atoms with van der Waals surface area (Å²) >= 11 is 0. The summed E-state index contributed by atoms with van der Waals surface area (Å²) in [6.45, 7) is 5.62. The Morgan fingerprint density at radius 1 is 1.50 bits per heavy atom. The van der Waals surface area contributed by atoms with E-state index in [1.165, 1.54) is 0 Å². The first-order chi connectivity index (χ1) is 8.70. The summed E-state index contributed by atoms with van der Waals surface area (Å²) < 4.78 is 2.11. The fourth-order valence-corrected chi connectivity index (χ4v) is 2.24. The van der Waals surface area contributed by atoms with Crippen LogP contribution in [0.1, 0.15) is 24.5 Å². The molecule has 1 aromatic rings. The number of hydrogen-bond acceptors (Lipinski definition) is 4. The molecule has 0 aromatic carbocycles. The fourth-order valence-electron chi connectivity index (χ4n) is 2.24. The van der Waals surface area contributed by atoms with E-state index in [-0.39, 0.29) is 6.54 Å². The second-order valence-electron chi connectivity index (χ2n) is 4.49. The van der Waals surface area contributed by atoms with Crippen LogP contribution < -0.4 is 0 Å². The van der Waals surface area contributed by atoms with Gasteiger partial charge in [0.25, 0.3) is 0 Å². The lowest BCUT2D eigenvalue weighted by atomic mass is 10.1. The summed E-state index contributed by atoms with van der Waals surface area (Å²) in [4.78, 5) is 12.6. The van der Waals surface area contributed by atoms with Crippen molar-refractivity contribution in [1.82, 2.24) is 19.7 Å². The van der Waals surface area contributed by atoms with Crippen LogP contribution in [0.2, 0.25) is 0 Å². The first-order valence-corrected chi connectivity index (χ1v) is 6.16. The van der Waals surface area contributed by atoms with Gasteiger partial charge in [-0.05, 0) is 12.8 Å². The van der Waals surface area contributed by atoms with E-state index in [0.717, 1.165) is 37.5 Å². The molecule has 98 valence electrons. The second-order valence-corrected chi connectivity index (χ2v) is 4.49. The number of aliphatic carboxylic acids is 1. The summed E-state index contributed by atoms with van der Waals surface area (Å²) in [5.74, 6) is 1.04. The lowest BCUT2D eigenvalue weighted by Gasteiger charge is -2.20. The largest absolute Gasteiger partial charge is 0.480 e. The molecule has 2 heterocycles. The van der Waals surface area contributed by atoms with Crippen molar-refractivity contribution in [3.63, 3.8) is 0 Å². The molecule has 2 rings (SSSR count). The highest BCUT2D eigenvalue weighted by molar-refractivity contribution is 5.69. The lowest BCUT2D eigenvalue weighted by Crippen LogP contribution is -2.31. The second kappa shape index (κ2) is 5.77. The number of carboxylic acids is 1. The van der Waals surface area contributed by atoms with Gasteiger partial charge in [-0.3, -0.25) is 9.69 Å². The van der Waals surface area contributed by atoms with Crippen LogP contribution >= 0.6 is 0 Å². The first kappa shape index (κ1) is 12.8. The van der Waals surface area contributed by atoms with Crippen LogP contribution in [0.4, 0.5) is 0 Å². The summed E-state index contributed by atoms with van der Waals surface area (Å²) in [6.07, 6.45) is 4.96. The minimum atomic E-state index is -0.838. The third-order valence-electron chi connectivity index (χ3n) is 3.05. The van der Waals surface area contributed by atoms with E-state index in [1.807, 2.05) is 0 Å². The topological polar surface area (TPSA) is 71.2 Å². The van der Waals surface area contributed by atoms with Gasteiger partial charge in [0.05, 0.1) is 13.1 Å². The van der Waals surface area contributed by atoms with Crippen molar-refractivity contribution in [1.29, 1.82) is 0 Å². The molecule has 0 fully saturated rings. The molecule has 0 aliphatic carbocycles. The van der Waals surface area contributed by atoms with Crippen molar-refractivity contribution < 1.29 is 9.90 Å². The van der Waals surface area contributed by atoms with Gasteiger partial charge >= 0.3 is 5.97 Å². The maximum absolute atomic E-state index is 10.8. The van der Waals surface area contributed by atoms with Gasteiger partial charge in [0, 0.05) is 19.5 Å². The van der Waals surface area contributed by atoms with E-state index in [0.29, 0.717) is 13.1 Å². The van der Waals surface area contributed by atoms with Gasteiger partial charge in [-0.15, -0.1) is 16.8 Å². The number of rotatable bonds is 6. The van der Waals surface area contributed by atoms with Crippen LogP contribution in [0, 0.1) is 0 Å². The average molecular weight is 250 g/mol. The van der Waals surface area contributed by atoms with Crippen LogP contribution in [0.15, 0.2) is 12.7 Å². The number of nitrogens with zero attached hydrogens (tertiary/aromatic N) is 4. The number of aromatic nitrogens is 3. The Bertz CT molecular complexity index is 441. The molecule has 1 aliphatic rings. The third-order valence-corrected chi connectivity index (χ3v) is 3.05. The predicted molar refractivity (Wildman–Crippen MR) is 66.1 cm³/mol.